The van der Waals surface area contributed by atoms with E-state index in [9.17, 15) is 4.79 Å². The molecule has 1 aromatic carbocycles. The molecule has 2 aliphatic carbocycles. The summed E-state index contributed by atoms with van der Waals surface area (Å²) < 4.78 is 0. The SMILES string of the molecule is CC(C(=O)N(CC1(c2ccc(Cl)c(Cl)c2)CCC1)C1CC1)C1CNC1.Cl. The van der Waals surface area contributed by atoms with Crippen molar-refractivity contribution in [1.29, 1.82) is 0 Å². The number of benzene rings is 1. The molecule has 0 bridgehead atoms. The van der Waals surface area contributed by atoms with Gasteiger partial charge in [-0.15, -0.1) is 12.4 Å². The Morgan fingerprint density at radius 3 is 2.42 bits per heavy atom. The smallest absolute Gasteiger partial charge is 0.226 e. The minimum Gasteiger partial charge on any atom is -0.339 e. The summed E-state index contributed by atoms with van der Waals surface area (Å²) in [6.07, 6.45) is 5.77. The van der Waals surface area contributed by atoms with Gasteiger partial charge in [0.1, 0.15) is 0 Å². The summed E-state index contributed by atoms with van der Waals surface area (Å²) in [5.74, 6) is 0.962. The first-order chi connectivity index (χ1) is 12.0. The molecule has 1 aliphatic heterocycles. The second-order valence-corrected chi connectivity index (χ2v) is 8.98. The van der Waals surface area contributed by atoms with E-state index in [0.717, 1.165) is 45.3 Å². The van der Waals surface area contributed by atoms with E-state index in [1.54, 1.807) is 0 Å². The third kappa shape index (κ3) is 3.73. The lowest BCUT2D eigenvalue weighted by molar-refractivity contribution is -0.139. The molecule has 1 unspecified atom stereocenters. The van der Waals surface area contributed by atoms with Gasteiger partial charge < -0.3 is 10.2 Å². The molecule has 6 heteroatoms. The summed E-state index contributed by atoms with van der Waals surface area (Å²) >= 11 is 12.4. The predicted octanol–water partition coefficient (Wildman–Crippen LogP) is 4.68. The van der Waals surface area contributed by atoms with Crippen LogP contribution in [0, 0.1) is 11.8 Å². The monoisotopic (exact) mass is 416 g/mol. The number of hydrogen-bond donors (Lipinski definition) is 1. The van der Waals surface area contributed by atoms with E-state index in [1.807, 2.05) is 12.1 Å². The average molecular weight is 418 g/mol. The fourth-order valence-electron chi connectivity index (χ4n) is 4.19. The van der Waals surface area contributed by atoms with Crippen molar-refractivity contribution in [2.45, 2.75) is 50.5 Å². The zero-order chi connectivity index (χ0) is 17.6. The zero-order valence-electron chi connectivity index (χ0n) is 15.1. The number of halogens is 3. The Bertz CT molecular complexity index is 669. The zero-order valence-corrected chi connectivity index (χ0v) is 17.5. The lowest BCUT2D eigenvalue weighted by Crippen LogP contribution is -2.54. The highest BCUT2D eigenvalue weighted by Gasteiger charge is 2.46. The van der Waals surface area contributed by atoms with Crippen molar-refractivity contribution >= 4 is 41.5 Å². The quantitative estimate of drug-likeness (QED) is 0.728. The highest BCUT2D eigenvalue weighted by Crippen LogP contribution is 2.47. The van der Waals surface area contributed by atoms with Crippen LogP contribution in [0.25, 0.3) is 0 Å². The van der Waals surface area contributed by atoms with Crippen LogP contribution in [0.15, 0.2) is 18.2 Å². The van der Waals surface area contributed by atoms with Gasteiger partial charge in [0.2, 0.25) is 5.91 Å². The van der Waals surface area contributed by atoms with E-state index >= 15 is 0 Å². The maximum Gasteiger partial charge on any atom is 0.226 e. The molecule has 1 N–H and O–H groups in total. The maximum atomic E-state index is 13.2. The van der Waals surface area contributed by atoms with Crippen molar-refractivity contribution in [2.24, 2.45) is 11.8 Å². The highest BCUT2D eigenvalue weighted by atomic mass is 35.5. The molecule has 2 saturated carbocycles. The summed E-state index contributed by atoms with van der Waals surface area (Å²) in [4.78, 5) is 15.4. The molecule has 3 nitrogen and oxygen atoms in total. The lowest BCUT2D eigenvalue weighted by atomic mass is 9.64. The number of carbonyl (C=O) groups is 1. The van der Waals surface area contributed by atoms with Crippen LogP contribution in [-0.4, -0.2) is 36.5 Å². The first kappa shape index (κ1) is 20.3. The van der Waals surface area contributed by atoms with Crippen molar-refractivity contribution in [2.75, 3.05) is 19.6 Å². The minimum atomic E-state index is 0. The van der Waals surface area contributed by atoms with Gasteiger partial charge in [-0.1, -0.05) is 42.6 Å². The Hall–Kier alpha value is -0.480. The van der Waals surface area contributed by atoms with E-state index in [4.69, 9.17) is 23.2 Å². The summed E-state index contributed by atoms with van der Waals surface area (Å²) in [7, 11) is 0. The lowest BCUT2D eigenvalue weighted by Gasteiger charge is -2.47. The van der Waals surface area contributed by atoms with E-state index in [1.165, 1.54) is 12.0 Å². The Kier molecular flexibility index (Phi) is 6.13. The molecule has 4 rings (SSSR count). The predicted molar refractivity (Wildman–Crippen MR) is 109 cm³/mol. The van der Waals surface area contributed by atoms with Gasteiger partial charge in [0.25, 0.3) is 0 Å². The van der Waals surface area contributed by atoms with Gasteiger partial charge in [0.15, 0.2) is 0 Å². The van der Waals surface area contributed by atoms with E-state index < -0.39 is 0 Å². The summed E-state index contributed by atoms with van der Waals surface area (Å²) in [6.45, 7) is 4.89. The third-order valence-electron chi connectivity index (χ3n) is 6.50. The normalized spacial score (nSPS) is 22.6. The molecule has 0 aromatic heterocycles. The highest BCUT2D eigenvalue weighted by molar-refractivity contribution is 6.42. The Labute approximate surface area is 172 Å². The van der Waals surface area contributed by atoms with Crippen molar-refractivity contribution in [3.63, 3.8) is 0 Å². The molecule has 1 saturated heterocycles. The van der Waals surface area contributed by atoms with Crippen molar-refractivity contribution in [1.82, 2.24) is 10.2 Å². The number of nitrogens with zero attached hydrogens (tertiary/aromatic N) is 1. The van der Waals surface area contributed by atoms with Gasteiger partial charge in [-0.3, -0.25) is 4.79 Å². The molecular formula is C20H27Cl3N2O. The van der Waals surface area contributed by atoms with E-state index in [0.29, 0.717) is 27.9 Å². The second kappa shape index (κ2) is 7.87. The van der Waals surface area contributed by atoms with Crippen LogP contribution in [0.2, 0.25) is 10.0 Å². The van der Waals surface area contributed by atoms with E-state index in [-0.39, 0.29) is 23.7 Å². The summed E-state index contributed by atoms with van der Waals surface area (Å²) in [5, 5.41) is 4.50. The maximum absolute atomic E-state index is 13.2. The number of carbonyl (C=O) groups excluding carboxylic acids is 1. The van der Waals surface area contributed by atoms with Crippen LogP contribution < -0.4 is 5.32 Å². The Morgan fingerprint density at radius 2 is 1.96 bits per heavy atom. The fraction of sp³-hybridized carbons (Fsp3) is 0.650. The average Bonchev–Trinajstić information content (AvgIpc) is 3.32. The molecule has 1 aromatic rings. The van der Waals surface area contributed by atoms with Crippen molar-refractivity contribution in [3.05, 3.63) is 33.8 Å². The largest absolute Gasteiger partial charge is 0.339 e. The van der Waals surface area contributed by atoms with Crippen LogP contribution in [0.4, 0.5) is 0 Å². The first-order valence-electron chi connectivity index (χ1n) is 9.47. The molecule has 26 heavy (non-hydrogen) atoms. The minimum absolute atomic E-state index is 0. The van der Waals surface area contributed by atoms with Gasteiger partial charge in [0.05, 0.1) is 10.0 Å². The molecule has 0 radical (unpaired) electrons. The second-order valence-electron chi connectivity index (χ2n) is 8.17. The fourth-order valence-corrected chi connectivity index (χ4v) is 4.49. The Balaban J connectivity index is 0.00000196. The molecule has 3 aliphatic rings. The third-order valence-corrected chi connectivity index (χ3v) is 7.24. The number of amides is 1. The van der Waals surface area contributed by atoms with Crippen molar-refractivity contribution in [3.8, 4) is 0 Å². The standard InChI is InChI=1S/C20H26Cl2N2O.ClH/c1-13(14-10-23-11-14)19(25)24(16-4-5-16)12-20(7-2-8-20)15-3-6-17(21)18(22)9-15;/h3,6,9,13-14,16,23H,2,4-5,7-8,10-12H2,1H3;1H. The number of nitrogens with one attached hydrogen (secondary N) is 1. The molecule has 144 valence electrons. The molecule has 1 atom stereocenters. The van der Waals surface area contributed by atoms with Crippen LogP contribution in [0.3, 0.4) is 0 Å². The summed E-state index contributed by atoms with van der Waals surface area (Å²) in [5.41, 5.74) is 1.30. The van der Waals surface area contributed by atoms with Gasteiger partial charge in [-0.05, 0) is 62.4 Å². The van der Waals surface area contributed by atoms with Crippen LogP contribution in [0.5, 0.6) is 0 Å². The molecular weight excluding hydrogens is 391 g/mol. The van der Waals surface area contributed by atoms with Gasteiger partial charge in [0, 0.05) is 23.9 Å². The van der Waals surface area contributed by atoms with Crippen LogP contribution in [0.1, 0.15) is 44.6 Å². The number of hydrogen-bond acceptors (Lipinski definition) is 2. The first-order valence-corrected chi connectivity index (χ1v) is 10.2. The molecule has 1 heterocycles. The van der Waals surface area contributed by atoms with Gasteiger partial charge in [-0.25, -0.2) is 0 Å². The summed E-state index contributed by atoms with van der Waals surface area (Å²) in [6, 6.07) is 6.45. The van der Waals surface area contributed by atoms with Crippen molar-refractivity contribution < 1.29 is 4.79 Å². The van der Waals surface area contributed by atoms with Gasteiger partial charge >= 0.3 is 0 Å². The molecule has 3 fully saturated rings. The van der Waals surface area contributed by atoms with Gasteiger partial charge in [-0.2, -0.15) is 0 Å². The van der Waals surface area contributed by atoms with Crippen LogP contribution >= 0.6 is 35.6 Å². The molecule has 0 spiro atoms. The molecule has 1 amide bonds. The number of rotatable bonds is 6. The van der Waals surface area contributed by atoms with Crippen LogP contribution in [-0.2, 0) is 10.2 Å². The topological polar surface area (TPSA) is 32.3 Å². The Morgan fingerprint density at radius 1 is 1.27 bits per heavy atom. The van der Waals surface area contributed by atoms with E-state index in [2.05, 4.69) is 23.2 Å².